The number of ether oxygens (including phenoxy) is 1. The molecule has 2 aliphatic rings. The summed E-state index contributed by atoms with van der Waals surface area (Å²) < 4.78 is 5.43. The summed E-state index contributed by atoms with van der Waals surface area (Å²) in [6, 6.07) is 0.288. The molecular formula is C14H30N4O. The fourth-order valence-electron chi connectivity index (χ4n) is 2.87. The fourth-order valence-corrected chi connectivity index (χ4v) is 2.87. The zero-order chi connectivity index (χ0) is 13.7. The molecule has 2 atom stereocenters. The Morgan fingerprint density at radius 2 is 1.89 bits per heavy atom. The third kappa shape index (κ3) is 5.00. The molecule has 112 valence electrons. The lowest BCUT2D eigenvalue weighted by atomic mass is 9.99. The van der Waals surface area contributed by atoms with Gasteiger partial charge in [-0.25, -0.2) is 0 Å². The fraction of sp³-hybridized carbons (Fsp3) is 1.00. The molecule has 5 heteroatoms. The van der Waals surface area contributed by atoms with Crippen molar-refractivity contribution in [2.75, 3.05) is 73.1 Å². The lowest BCUT2D eigenvalue weighted by Gasteiger charge is -2.37. The molecule has 2 heterocycles. The minimum Gasteiger partial charge on any atom is -0.381 e. The van der Waals surface area contributed by atoms with E-state index in [1.54, 1.807) is 0 Å². The smallest absolute Gasteiger partial charge is 0.0510 e. The minimum atomic E-state index is 0.288. The van der Waals surface area contributed by atoms with Crippen LogP contribution in [0.25, 0.3) is 0 Å². The predicted molar refractivity (Wildman–Crippen MR) is 78.3 cm³/mol. The van der Waals surface area contributed by atoms with Crippen molar-refractivity contribution in [3.05, 3.63) is 0 Å². The molecule has 0 radical (unpaired) electrons. The molecule has 2 N–H and O–H groups in total. The number of piperazine rings is 1. The van der Waals surface area contributed by atoms with Gasteiger partial charge in [0.1, 0.15) is 0 Å². The van der Waals surface area contributed by atoms with Gasteiger partial charge in [-0.3, -0.25) is 9.80 Å². The topological polar surface area (TPSA) is 45.0 Å². The number of rotatable bonds is 6. The number of likely N-dealkylation sites (N-methyl/N-ethyl adjacent to an activating group) is 1. The molecule has 2 fully saturated rings. The van der Waals surface area contributed by atoms with E-state index in [1.807, 2.05) is 0 Å². The van der Waals surface area contributed by atoms with Crippen molar-refractivity contribution in [3.63, 3.8) is 0 Å². The van der Waals surface area contributed by atoms with E-state index in [2.05, 4.69) is 28.8 Å². The lowest BCUT2D eigenvalue weighted by molar-refractivity contribution is 0.111. The van der Waals surface area contributed by atoms with Gasteiger partial charge in [-0.2, -0.15) is 0 Å². The summed E-state index contributed by atoms with van der Waals surface area (Å²) in [6.45, 7) is 9.82. The van der Waals surface area contributed by atoms with Crippen LogP contribution in [0.15, 0.2) is 0 Å². The Hall–Kier alpha value is -0.200. The maximum Gasteiger partial charge on any atom is 0.0510 e. The van der Waals surface area contributed by atoms with E-state index in [1.165, 1.54) is 19.6 Å². The Morgan fingerprint density at radius 3 is 2.47 bits per heavy atom. The predicted octanol–water partition coefficient (Wildman–Crippen LogP) is -0.471. The van der Waals surface area contributed by atoms with E-state index in [-0.39, 0.29) is 6.04 Å². The maximum absolute atomic E-state index is 6.30. The SMILES string of the molecule is CN(C)CCN1CCN(CC(N)C2CCOC2)CC1. The van der Waals surface area contributed by atoms with Gasteiger partial charge in [0.15, 0.2) is 0 Å². The van der Waals surface area contributed by atoms with E-state index in [0.717, 1.165) is 45.8 Å². The van der Waals surface area contributed by atoms with E-state index >= 15 is 0 Å². The zero-order valence-electron chi connectivity index (χ0n) is 12.6. The second kappa shape index (κ2) is 7.55. The molecular weight excluding hydrogens is 240 g/mol. The maximum atomic E-state index is 6.30. The van der Waals surface area contributed by atoms with Gasteiger partial charge >= 0.3 is 0 Å². The van der Waals surface area contributed by atoms with Crippen LogP contribution < -0.4 is 5.73 Å². The highest BCUT2D eigenvalue weighted by atomic mass is 16.5. The summed E-state index contributed by atoms with van der Waals surface area (Å²) in [5, 5.41) is 0. The number of nitrogens with two attached hydrogens (primary N) is 1. The molecule has 0 aromatic heterocycles. The minimum absolute atomic E-state index is 0.288. The Bertz CT molecular complexity index is 248. The normalized spacial score (nSPS) is 28.1. The van der Waals surface area contributed by atoms with E-state index in [9.17, 15) is 0 Å². The average molecular weight is 270 g/mol. The van der Waals surface area contributed by atoms with Crippen molar-refractivity contribution in [2.24, 2.45) is 11.7 Å². The molecule has 2 rings (SSSR count). The van der Waals surface area contributed by atoms with Crippen LogP contribution in [0, 0.1) is 5.92 Å². The van der Waals surface area contributed by atoms with E-state index in [4.69, 9.17) is 10.5 Å². The standard InChI is InChI=1S/C14H30N4O/c1-16(2)4-5-17-6-8-18(9-7-17)11-14(15)13-3-10-19-12-13/h13-14H,3-12,15H2,1-2H3. The van der Waals surface area contributed by atoms with Crippen LogP contribution in [0.5, 0.6) is 0 Å². The largest absolute Gasteiger partial charge is 0.381 e. The molecule has 2 aliphatic heterocycles. The summed E-state index contributed by atoms with van der Waals surface area (Å²) in [4.78, 5) is 7.33. The first-order valence-electron chi connectivity index (χ1n) is 7.58. The number of nitrogens with zero attached hydrogens (tertiary/aromatic N) is 3. The molecule has 0 bridgehead atoms. The molecule has 0 amide bonds. The zero-order valence-corrected chi connectivity index (χ0v) is 12.6. The summed E-state index contributed by atoms with van der Waals surface area (Å²) in [7, 11) is 4.28. The van der Waals surface area contributed by atoms with E-state index < -0.39 is 0 Å². The van der Waals surface area contributed by atoms with Crippen molar-refractivity contribution < 1.29 is 4.74 Å². The van der Waals surface area contributed by atoms with Crippen molar-refractivity contribution in [1.82, 2.24) is 14.7 Å². The first-order valence-corrected chi connectivity index (χ1v) is 7.58. The molecule has 2 unspecified atom stereocenters. The van der Waals surface area contributed by atoms with Gasteiger partial charge in [0.05, 0.1) is 6.61 Å². The van der Waals surface area contributed by atoms with Gasteiger partial charge in [-0.15, -0.1) is 0 Å². The third-order valence-electron chi connectivity index (χ3n) is 4.37. The monoisotopic (exact) mass is 270 g/mol. The molecule has 5 nitrogen and oxygen atoms in total. The van der Waals surface area contributed by atoms with Crippen LogP contribution in [-0.2, 0) is 4.74 Å². The van der Waals surface area contributed by atoms with Crippen molar-refractivity contribution >= 4 is 0 Å². The van der Waals surface area contributed by atoms with Gasteiger partial charge in [0, 0.05) is 64.4 Å². The summed E-state index contributed by atoms with van der Waals surface area (Å²) >= 11 is 0. The second-order valence-corrected chi connectivity index (χ2v) is 6.23. The van der Waals surface area contributed by atoms with Gasteiger partial charge in [-0.05, 0) is 20.5 Å². The average Bonchev–Trinajstić information content (AvgIpc) is 2.92. The summed E-state index contributed by atoms with van der Waals surface area (Å²) in [5.41, 5.74) is 6.30. The molecule has 2 saturated heterocycles. The highest BCUT2D eigenvalue weighted by molar-refractivity contribution is 4.82. The van der Waals surface area contributed by atoms with E-state index in [0.29, 0.717) is 5.92 Å². The van der Waals surface area contributed by atoms with Crippen LogP contribution in [0.4, 0.5) is 0 Å². The van der Waals surface area contributed by atoms with Gasteiger partial charge in [0.25, 0.3) is 0 Å². The number of hydrogen-bond donors (Lipinski definition) is 1. The van der Waals surface area contributed by atoms with Crippen molar-refractivity contribution in [3.8, 4) is 0 Å². The van der Waals surface area contributed by atoms with Crippen LogP contribution in [0.2, 0.25) is 0 Å². The Balaban J connectivity index is 1.62. The third-order valence-corrected chi connectivity index (χ3v) is 4.37. The Labute approximate surface area is 117 Å². The van der Waals surface area contributed by atoms with Gasteiger partial charge < -0.3 is 15.4 Å². The highest BCUT2D eigenvalue weighted by Gasteiger charge is 2.26. The molecule has 19 heavy (non-hydrogen) atoms. The van der Waals surface area contributed by atoms with Crippen LogP contribution in [0.3, 0.4) is 0 Å². The number of hydrogen-bond acceptors (Lipinski definition) is 5. The molecule has 0 saturated carbocycles. The summed E-state index contributed by atoms with van der Waals surface area (Å²) in [6.07, 6.45) is 1.14. The van der Waals surface area contributed by atoms with Gasteiger partial charge in [0.2, 0.25) is 0 Å². The molecule has 0 aromatic carbocycles. The van der Waals surface area contributed by atoms with Crippen molar-refractivity contribution in [1.29, 1.82) is 0 Å². The quantitative estimate of drug-likeness (QED) is 0.707. The molecule has 0 spiro atoms. The Kier molecular flexibility index (Phi) is 6.04. The lowest BCUT2D eigenvalue weighted by Crippen LogP contribution is -2.52. The molecule has 0 aromatic rings. The first kappa shape index (κ1) is 15.2. The van der Waals surface area contributed by atoms with Crippen LogP contribution >= 0.6 is 0 Å². The first-order chi connectivity index (χ1) is 9.15. The highest BCUT2D eigenvalue weighted by Crippen LogP contribution is 2.16. The van der Waals surface area contributed by atoms with Crippen LogP contribution in [-0.4, -0.2) is 93.9 Å². The van der Waals surface area contributed by atoms with Crippen LogP contribution in [0.1, 0.15) is 6.42 Å². The molecule has 0 aliphatic carbocycles. The summed E-state index contributed by atoms with van der Waals surface area (Å²) in [5.74, 6) is 0.576. The van der Waals surface area contributed by atoms with Gasteiger partial charge in [-0.1, -0.05) is 0 Å². The Morgan fingerprint density at radius 1 is 1.21 bits per heavy atom. The second-order valence-electron chi connectivity index (χ2n) is 6.23. The van der Waals surface area contributed by atoms with Crippen molar-refractivity contribution in [2.45, 2.75) is 12.5 Å².